The second-order valence-electron chi connectivity index (χ2n) is 16.0. The second-order valence-corrected chi connectivity index (χ2v) is 26.6. The Bertz CT molecular complexity index is 3770. The van der Waals surface area contributed by atoms with Crippen molar-refractivity contribution in [3.63, 3.8) is 0 Å². The average Bonchev–Trinajstić information content (AvgIpc) is 3.75. The predicted molar refractivity (Wildman–Crippen MR) is 276 cm³/mol. The molecule has 63 heavy (non-hydrogen) atoms. The van der Waals surface area contributed by atoms with Gasteiger partial charge >= 0.3 is 228 Å². The van der Waals surface area contributed by atoms with E-state index in [1.165, 1.54) is 42.7 Å². The minimum atomic E-state index is -2.42. The van der Waals surface area contributed by atoms with Crippen LogP contribution in [-0.4, -0.2) is 29.5 Å². The van der Waals surface area contributed by atoms with E-state index in [9.17, 15) is 0 Å². The molecule has 3 aromatic heterocycles. The molecule has 0 atom stereocenters. The number of aromatic nitrogens is 3. The molecule has 12 rings (SSSR count). The van der Waals surface area contributed by atoms with Crippen LogP contribution in [0.25, 0.3) is 71.2 Å². The zero-order valence-electron chi connectivity index (χ0n) is 33.9. The average molecular weight is 925 g/mol. The Hall–Kier alpha value is -6.28. The summed E-state index contributed by atoms with van der Waals surface area (Å²) >= 11 is 10.6. The summed E-state index contributed by atoms with van der Waals surface area (Å²) in [6.45, 7) is 0. The van der Waals surface area contributed by atoms with Gasteiger partial charge in [0.05, 0.1) is 5.52 Å². The van der Waals surface area contributed by atoms with Gasteiger partial charge in [0.25, 0.3) is 0 Å². The number of benzene rings is 9. The maximum atomic E-state index is 6.86. The Kier molecular flexibility index (Phi) is 9.27. The fourth-order valence-corrected chi connectivity index (χ4v) is 18.6. The van der Waals surface area contributed by atoms with Gasteiger partial charge in [-0.15, -0.1) is 0 Å². The van der Waals surface area contributed by atoms with Crippen LogP contribution in [0.1, 0.15) is 0 Å². The molecule has 0 N–H and O–H groups in total. The van der Waals surface area contributed by atoms with E-state index in [-0.39, 0.29) is 0 Å². The molecule has 3 nitrogen and oxygen atoms in total. The van der Waals surface area contributed by atoms with Crippen LogP contribution in [0.3, 0.4) is 0 Å². The van der Waals surface area contributed by atoms with Crippen molar-refractivity contribution < 1.29 is 0 Å². The normalized spacial score (nSPS) is 12.3. The molecule has 0 spiro atoms. The van der Waals surface area contributed by atoms with E-state index in [1.807, 2.05) is 0 Å². The molecule has 0 radical (unpaired) electrons. The van der Waals surface area contributed by atoms with Crippen molar-refractivity contribution in [2.45, 2.75) is 0 Å². The summed E-state index contributed by atoms with van der Waals surface area (Å²) in [6, 6.07) is 76.2. The SMILES string of the molecule is S=P(c1ccccc1)(c1ccccc1)c1ccc2nc3c4ccccc4c4ccc5cc(-c6ncc(P(=[Se])(c7ccccc7)c7ccccc7)c7ccccc67)ccc5c4n3c2c1. The van der Waals surface area contributed by atoms with E-state index in [2.05, 4.69) is 244 Å². The molecular formula is C56H37N3P2SSe. The molecule has 0 aliphatic rings. The Labute approximate surface area is 378 Å². The number of hydrogen-bond acceptors (Lipinski definition) is 3. The van der Waals surface area contributed by atoms with E-state index >= 15 is 0 Å². The number of rotatable bonds is 7. The molecule has 3 heterocycles. The van der Waals surface area contributed by atoms with Crippen molar-refractivity contribution >= 4 is 130 Å². The zero-order valence-corrected chi connectivity index (χ0v) is 38.2. The van der Waals surface area contributed by atoms with Crippen LogP contribution in [0.4, 0.5) is 0 Å². The summed E-state index contributed by atoms with van der Waals surface area (Å²) in [7, 11) is 0. The van der Waals surface area contributed by atoms with Crippen LogP contribution in [0, 0.1) is 0 Å². The molecule has 0 bridgehead atoms. The molecular weight excluding hydrogens is 888 g/mol. The molecule has 0 aliphatic heterocycles. The van der Waals surface area contributed by atoms with E-state index in [1.54, 1.807) is 0 Å². The van der Waals surface area contributed by atoms with Crippen molar-refractivity contribution in [3.8, 4) is 11.3 Å². The fourth-order valence-electron chi connectivity index (χ4n) is 9.58. The summed E-state index contributed by atoms with van der Waals surface area (Å²) in [6.07, 6.45) is 2.13. The molecule has 7 heteroatoms. The monoisotopic (exact) mass is 925 g/mol. The van der Waals surface area contributed by atoms with E-state index < -0.39 is 11.5 Å². The summed E-state index contributed by atoms with van der Waals surface area (Å²) in [4.78, 5) is 10.7. The Morgan fingerprint density at radius 2 is 0.984 bits per heavy atom. The summed E-state index contributed by atoms with van der Waals surface area (Å²) in [5.41, 5.74) is 3.97. The summed E-state index contributed by atoms with van der Waals surface area (Å²) in [5, 5.41) is 15.4. The van der Waals surface area contributed by atoms with Crippen molar-refractivity contribution in [3.05, 3.63) is 225 Å². The molecule has 9 aromatic carbocycles. The molecule has 0 unspecified atom stereocenters. The van der Waals surface area contributed by atoms with Gasteiger partial charge in [-0.2, -0.15) is 0 Å². The van der Waals surface area contributed by atoms with Gasteiger partial charge in [0, 0.05) is 11.4 Å². The molecule has 298 valence electrons. The topological polar surface area (TPSA) is 30.2 Å². The molecule has 0 fully saturated rings. The van der Waals surface area contributed by atoms with Gasteiger partial charge in [0.2, 0.25) is 0 Å². The van der Waals surface area contributed by atoms with Gasteiger partial charge in [-0.3, -0.25) is 0 Å². The molecule has 0 amide bonds. The number of nitrogens with zero attached hydrogens (tertiary/aromatic N) is 3. The third kappa shape index (κ3) is 6.00. The zero-order chi connectivity index (χ0) is 42.1. The van der Waals surface area contributed by atoms with Gasteiger partial charge in [-0.1, -0.05) is 103 Å². The van der Waals surface area contributed by atoms with E-state index in [4.69, 9.17) is 21.8 Å². The number of pyridine rings is 2. The van der Waals surface area contributed by atoms with Crippen LogP contribution in [0.5, 0.6) is 0 Å². The Morgan fingerprint density at radius 1 is 0.444 bits per heavy atom. The minimum Gasteiger partial charge on any atom is -0.0266 e. The predicted octanol–water partition coefficient (Wildman–Crippen LogP) is 11.3. The number of fused-ring (bicyclic) bond motifs is 11. The molecule has 0 aliphatic carbocycles. The third-order valence-corrected chi connectivity index (χ3v) is 24.5. The Morgan fingerprint density at radius 3 is 1.62 bits per heavy atom. The first-order valence-electron chi connectivity index (χ1n) is 21.0. The number of hydrogen-bond donors (Lipinski definition) is 0. The first-order chi connectivity index (χ1) is 31.0. The standard InChI is InChI=1S/C56H37N3P2SSe/c62-60(40-17-5-1-6-18-40,41-19-7-2-8-20-41)44-31-34-51-52(36-44)59-55-45-32-30-39(35-38(45)29-33-49(55)46-25-13-16-28-50(46)56(59)58-51)54-48-27-15-14-26-47(48)53(37-57-54)61(63,42-21-9-3-10-22-42)43-23-11-4-12-24-43/h1-37H. The van der Waals surface area contributed by atoms with E-state index in [0.29, 0.717) is 0 Å². The number of imidazole rings is 1. The second kappa shape index (κ2) is 15.2. The van der Waals surface area contributed by atoms with Crippen molar-refractivity contribution in [1.82, 2.24) is 14.4 Å². The van der Waals surface area contributed by atoms with Gasteiger partial charge in [-0.25, -0.2) is 4.98 Å². The van der Waals surface area contributed by atoms with Gasteiger partial charge < -0.3 is 0 Å². The Balaban J connectivity index is 1.09. The molecule has 0 saturated carbocycles. The van der Waals surface area contributed by atoms with Crippen LogP contribution in [-0.2, 0) is 11.8 Å². The van der Waals surface area contributed by atoms with Crippen molar-refractivity contribution in [2.75, 3.05) is 0 Å². The van der Waals surface area contributed by atoms with Crippen LogP contribution in [0.2, 0.25) is 0 Å². The first-order valence-corrected chi connectivity index (χ1v) is 27.8. The van der Waals surface area contributed by atoms with Gasteiger partial charge in [0.1, 0.15) is 0 Å². The van der Waals surface area contributed by atoms with Crippen molar-refractivity contribution in [2.24, 2.45) is 0 Å². The maximum absolute atomic E-state index is 6.86. The smallest absolute Gasteiger partial charge is 0.0266 e. The van der Waals surface area contributed by atoms with Crippen molar-refractivity contribution in [1.29, 1.82) is 0 Å². The van der Waals surface area contributed by atoms with E-state index in [0.717, 1.165) is 60.3 Å². The van der Waals surface area contributed by atoms with Gasteiger partial charge in [-0.05, 0) is 28.0 Å². The van der Waals surface area contributed by atoms with Crippen LogP contribution >= 0.6 is 11.5 Å². The quantitative estimate of drug-likeness (QED) is 0.0906. The fraction of sp³-hybridized carbons (Fsp3) is 0. The van der Waals surface area contributed by atoms with Gasteiger partial charge in [0.15, 0.2) is 0 Å². The van der Waals surface area contributed by atoms with Crippen LogP contribution in [0.15, 0.2) is 225 Å². The summed E-state index contributed by atoms with van der Waals surface area (Å²) in [5.74, 6) is 0. The molecule has 12 aromatic rings. The minimum absolute atomic E-state index is 0.942. The third-order valence-electron chi connectivity index (χ3n) is 12.5. The molecule has 0 saturated heterocycles. The summed E-state index contributed by atoms with van der Waals surface area (Å²) < 4.78 is 2.39. The van der Waals surface area contributed by atoms with Crippen LogP contribution < -0.4 is 31.8 Å². The first kappa shape index (κ1) is 38.4.